The van der Waals surface area contributed by atoms with E-state index >= 15 is 0 Å². The zero-order valence-electron chi connectivity index (χ0n) is 8.79. The Morgan fingerprint density at radius 3 is 2.62 bits per heavy atom. The molecule has 0 aromatic heterocycles. The zero-order valence-corrected chi connectivity index (χ0v) is 11.2. The SMILES string of the molecule is CNC(C(=O)OC)c1ccc(Br)cc1F.Cl. The molecule has 0 aliphatic heterocycles. The van der Waals surface area contributed by atoms with Crippen molar-refractivity contribution < 1.29 is 13.9 Å². The number of carbonyl (C=O) groups is 1. The maximum absolute atomic E-state index is 13.5. The average Bonchev–Trinajstić information content (AvgIpc) is 2.21. The van der Waals surface area contributed by atoms with Crippen LogP contribution in [0.25, 0.3) is 0 Å². The minimum Gasteiger partial charge on any atom is -0.468 e. The Kier molecular flexibility index (Phi) is 6.55. The number of nitrogens with one attached hydrogen (secondary N) is 1. The summed E-state index contributed by atoms with van der Waals surface area (Å²) in [7, 11) is 2.84. The third kappa shape index (κ3) is 3.43. The van der Waals surface area contributed by atoms with E-state index in [9.17, 15) is 9.18 Å². The predicted octanol–water partition coefficient (Wildman–Crippen LogP) is 2.44. The van der Waals surface area contributed by atoms with Gasteiger partial charge in [0.25, 0.3) is 0 Å². The monoisotopic (exact) mass is 311 g/mol. The number of ether oxygens (including phenoxy) is 1. The topological polar surface area (TPSA) is 38.3 Å². The lowest BCUT2D eigenvalue weighted by Crippen LogP contribution is -2.27. The molecule has 1 aromatic carbocycles. The van der Waals surface area contributed by atoms with Crippen LogP contribution in [0.5, 0.6) is 0 Å². The fourth-order valence-corrected chi connectivity index (χ4v) is 1.59. The highest BCUT2D eigenvalue weighted by atomic mass is 79.9. The molecule has 0 aliphatic carbocycles. The van der Waals surface area contributed by atoms with Crippen LogP contribution in [-0.2, 0) is 9.53 Å². The molecule has 1 aromatic rings. The number of rotatable bonds is 3. The van der Waals surface area contributed by atoms with Gasteiger partial charge in [0.2, 0.25) is 0 Å². The Labute approximate surface area is 108 Å². The average molecular weight is 313 g/mol. The van der Waals surface area contributed by atoms with E-state index in [1.807, 2.05) is 0 Å². The van der Waals surface area contributed by atoms with Crippen molar-refractivity contribution in [2.24, 2.45) is 0 Å². The smallest absolute Gasteiger partial charge is 0.327 e. The van der Waals surface area contributed by atoms with Gasteiger partial charge in [0.15, 0.2) is 0 Å². The molecule has 0 spiro atoms. The van der Waals surface area contributed by atoms with E-state index in [4.69, 9.17) is 0 Å². The minimum absolute atomic E-state index is 0. The molecule has 0 bridgehead atoms. The summed E-state index contributed by atoms with van der Waals surface area (Å²) < 4.78 is 18.7. The highest BCUT2D eigenvalue weighted by Crippen LogP contribution is 2.21. The second-order valence-electron chi connectivity index (χ2n) is 2.91. The fourth-order valence-electron chi connectivity index (χ4n) is 1.25. The Hall–Kier alpha value is -0.650. The number of methoxy groups -OCH3 is 1. The number of likely N-dealkylation sites (N-methyl/N-ethyl adjacent to an activating group) is 1. The summed E-state index contributed by atoms with van der Waals surface area (Å²) >= 11 is 3.14. The molecule has 3 nitrogen and oxygen atoms in total. The second kappa shape index (κ2) is 6.83. The second-order valence-corrected chi connectivity index (χ2v) is 3.83. The molecule has 0 saturated carbocycles. The summed E-state index contributed by atoms with van der Waals surface area (Å²) in [6.07, 6.45) is 0. The third-order valence-corrected chi connectivity index (χ3v) is 2.49. The third-order valence-electron chi connectivity index (χ3n) is 2.00. The molecule has 0 fully saturated rings. The van der Waals surface area contributed by atoms with E-state index in [1.54, 1.807) is 13.1 Å². The quantitative estimate of drug-likeness (QED) is 0.871. The summed E-state index contributed by atoms with van der Waals surface area (Å²) in [5.74, 6) is -0.965. The van der Waals surface area contributed by atoms with Gasteiger partial charge in [-0.2, -0.15) is 0 Å². The first-order valence-electron chi connectivity index (χ1n) is 4.30. The van der Waals surface area contributed by atoms with Gasteiger partial charge >= 0.3 is 5.97 Å². The largest absolute Gasteiger partial charge is 0.468 e. The number of hydrogen-bond acceptors (Lipinski definition) is 3. The van der Waals surface area contributed by atoms with Gasteiger partial charge < -0.3 is 10.1 Å². The van der Waals surface area contributed by atoms with Gasteiger partial charge in [-0.05, 0) is 19.2 Å². The first-order chi connectivity index (χ1) is 7.10. The summed E-state index contributed by atoms with van der Waals surface area (Å²) in [5, 5.41) is 2.70. The molecule has 1 N–H and O–H groups in total. The van der Waals surface area contributed by atoms with Crippen LogP contribution in [0.3, 0.4) is 0 Å². The molecular weight excluding hydrogens is 300 g/mol. The highest BCUT2D eigenvalue weighted by Gasteiger charge is 2.22. The lowest BCUT2D eigenvalue weighted by Gasteiger charge is -2.14. The molecule has 0 radical (unpaired) electrons. The molecule has 0 aliphatic rings. The normalized spacial score (nSPS) is 11.5. The van der Waals surface area contributed by atoms with Gasteiger partial charge in [0, 0.05) is 10.0 Å². The van der Waals surface area contributed by atoms with E-state index in [0.717, 1.165) is 0 Å². The molecule has 16 heavy (non-hydrogen) atoms. The van der Waals surface area contributed by atoms with Crippen molar-refractivity contribution in [1.82, 2.24) is 5.32 Å². The molecule has 1 atom stereocenters. The van der Waals surface area contributed by atoms with Crippen molar-refractivity contribution in [1.29, 1.82) is 0 Å². The van der Waals surface area contributed by atoms with Crippen molar-refractivity contribution in [3.05, 3.63) is 34.1 Å². The van der Waals surface area contributed by atoms with Crippen LogP contribution in [0.2, 0.25) is 0 Å². The summed E-state index contributed by atoms with van der Waals surface area (Å²) in [5.41, 5.74) is 0.271. The minimum atomic E-state index is -0.775. The van der Waals surface area contributed by atoms with Crippen molar-refractivity contribution in [3.8, 4) is 0 Å². The molecule has 1 unspecified atom stereocenters. The standard InChI is InChI=1S/C10H11BrFNO2.ClH/c1-13-9(10(14)15-2)7-4-3-6(11)5-8(7)12;/h3-5,9,13H,1-2H3;1H. The molecule has 0 heterocycles. The van der Waals surface area contributed by atoms with Gasteiger partial charge in [-0.3, -0.25) is 0 Å². The summed E-state index contributed by atoms with van der Waals surface area (Å²) in [6, 6.07) is 3.74. The number of carbonyl (C=O) groups excluding carboxylic acids is 1. The zero-order chi connectivity index (χ0) is 11.4. The molecule has 6 heteroatoms. The van der Waals surface area contributed by atoms with Crippen molar-refractivity contribution in [3.63, 3.8) is 0 Å². The van der Waals surface area contributed by atoms with Crippen LogP contribution in [0, 0.1) is 5.82 Å². The summed E-state index contributed by atoms with van der Waals surface area (Å²) in [6.45, 7) is 0. The van der Waals surface area contributed by atoms with Crippen LogP contribution in [-0.4, -0.2) is 20.1 Å². The molecule has 0 amide bonds. The van der Waals surface area contributed by atoms with Crippen LogP contribution in [0.1, 0.15) is 11.6 Å². The maximum Gasteiger partial charge on any atom is 0.327 e. The van der Waals surface area contributed by atoms with E-state index in [0.29, 0.717) is 4.47 Å². The van der Waals surface area contributed by atoms with Crippen molar-refractivity contribution in [2.45, 2.75) is 6.04 Å². The number of benzene rings is 1. The predicted molar refractivity (Wildman–Crippen MR) is 65.2 cm³/mol. The maximum atomic E-state index is 13.5. The molecular formula is C10H12BrClFNO2. The molecule has 90 valence electrons. The number of halogens is 3. The van der Waals surface area contributed by atoms with E-state index < -0.39 is 17.8 Å². The van der Waals surface area contributed by atoms with Crippen LogP contribution in [0.15, 0.2) is 22.7 Å². The van der Waals surface area contributed by atoms with E-state index in [2.05, 4.69) is 26.0 Å². The first-order valence-corrected chi connectivity index (χ1v) is 5.09. The Morgan fingerprint density at radius 2 is 2.19 bits per heavy atom. The molecule has 0 saturated heterocycles. The van der Waals surface area contributed by atoms with Crippen molar-refractivity contribution >= 4 is 34.3 Å². The van der Waals surface area contributed by atoms with Gasteiger partial charge in [-0.1, -0.05) is 22.0 Å². The first kappa shape index (κ1) is 15.3. The van der Waals surface area contributed by atoms with Crippen LogP contribution >= 0.6 is 28.3 Å². The van der Waals surface area contributed by atoms with Crippen LogP contribution in [0.4, 0.5) is 4.39 Å². The Balaban J connectivity index is 0.00000225. The number of hydrogen-bond donors (Lipinski definition) is 1. The number of esters is 1. The Bertz CT molecular complexity index is 376. The van der Waals surface area contributed by atoms with Crippen LogP contribution < -0.4 is 5.32 Å². The van der Waals surface area contributed by atoms with Gasteiger partial charge in [0.05, 0.1) is 7.11 Å². The Morgan fingerprint density at radius 1 is 1.56 bits per heavy atom. The summed E-state index contributed by atoms with van der Waals surface area (Å²) in [4.78, 5) is 11.3. The van der Waals surface area contributed by atoms with Crippen molar-refractivity contribution in [2.75, 3.05) is 14.2 Å². The van der Waals surface area contributed by atoms with E-state index in [-0.39, 0.29) is 18.0 Å². The fraction of sp³-hybridized carbons (Fsp3) is 0.300. The highest BCUT2D eigenvalue weighted by molar-refractivity contribution is 9.10. The molecule has 1 rings (SSSR count). The lowest BCUT2D eigenvalue weighted by molar-refractivity contribution is -0.143. The van der Waals surface area contributed by atoms with Gasteiger partial charge in [-0.15, -0.1) is 12.4 Å². The lowest BCUT2D eigenvalue weighted by atomic mass is 10.1. The van der Waals surface area contributed by atoms with Gasteiger partial charge in [-0.25, -0.2) is 9.18 Å². The van der Waals surface area contributed by atoms with Gasteiger partial charge in [0.1, 0.15) is 11.9 Å². The van der Waals surface area contributed by atoms with E-state index in [1.165, 1.54) is 19.2 Å².